The third-order valence-corrected chi connectivity index (χ3v) is 7.36. The molecule has 0 aromatic heterocycles. The van der Waals surface area contributed by atoms with Gasteiger partial charge in [-0.25, -0.2) is 4.39 Å². The van der Waals surface area contributed by atoms with Crippen molar-refractivity contribution in [1.82, 2.24) is 4.90 Å². The van der Waals surface area contributed by atoms with Gasteiger partial charge in [0.15, 0.2) is 0 Å². The van der Waals surface area contributed by atoms with Crippen LogP contribution in [0.2, 0.25) is 0 Å². The first-order valence-electron chi connectivity index (χ1n) is 11.9. The third-order valence-electron chi connectivity index (χ3n) is 7.36. The number of carbonyl (C=O) groups excluding carboxylic acids is 1. The third kappa shape index (κ3) is 5.59. The first-order chi connectivity index (χ1) is 16.9. The molecule has 4 rings (SSSR count). The zero-order valence-corrected chi connectivity index (χ0v) is 20.0. The van der Waals surface area contributed by atoms with Crippen LogP contribution in [0.25, 0.3) is 0 Å². The van der Waals surface area contributed by atoms with E-state index in [4.69, 9.17) is 4.74 Å². The second-order valence-corrected chi connectivity index (χ2v) is 9.65. The lowest BCUT2D eigenvalue weighted by molar-refractivity contribution is -0.313. The van der Waals surface area contributed by atoms with Gasteiger partial charge in [-0.3, -0.25) is 4.90 Å². The number of hydrogen-bond acceptors (Lipinski definition) is 6. The normalized spacial score (nSPS) is 20.2. The topological polar surface area (TPSA) is 82.1 Å². The van der Waals surface area contributed by atoms with Crippen LogP contribution in [0.4, 0.5) is 17.6 Å². The number of carboxylic acid groups (broad SMARTS) is 1. The van der Waals surface area contributed by atoms with Crippen LogP contribution in [-0.4, -0.2) is 41.0 Å². The van der Waals surface area contributed by atoms with Crippen molar-refractivity contribution in [2.24, 2.45) is 5.92 Å². The maximum absolute atomic E-state index is 13.9. The molecule has 0 saturated carbocycles. The molecule has 10 heteroatoms. The lowest BCUT2D eigenvalue weighted by Gasteiger charge is -2.46. The first-order valence-corrected chi connectivity index (χ1v) is 11.9. The smallest absolute Gasteiger partial charge is 0.550 e. The Morgan fingerprint density at radius 3 is 2.47 bits per heavy atom. The Hall–Kier alpha value is -2.85. The lowest BCUT2D eigenvalue weighted by atomic mass is 9.82. The Morgan fingerprint density at radius 1 is 1.14 bits per heavy atom. The van der Waals surface area contributed by atoms with E-state index in [0.29, 0.717) is 37.2 Å². The summed E-state index contributed by atoms with van der Waals surface area (Å²) in [5.74, 6) is -2.90. The molecule has 0 unspecified atom stereocenters. The number of carboxylic acids is 1. The van der Waals surface area contributed by atoms with Gasteiger partial charge in [-0.1, -0.05) is 19.1 Å². The minimum Gasteiger partial charge on any atom is -0.550 e. The van der Waals surface area contributed by atoms with Crippen molar-refractivity contribution in [1.29, 1.82) is 0 Å². The van der Waals surface area contributed by atoms with E-state index in [0.717, 1.165) is 36.6 Å². The molecule has 1 N–H and O–H groups in total. The number of carbonyl (C=O) groups is 1. The molecule has 2 aromatic rings. The van der Waals surface area contributed by atoms with E-state index in [9.17, 15) is 32.6 Å². The van der Waals surface area contributed by atoms with E-state index in [1.54, 1.807) is 19.1 Å². The Kier molecular flexibility index (Phi) is 7.21. The molecule has 36 heavy (non-hydrogen) atoms. The van der Waals surface area contributed by atoms with Crippen molar-refractivity contribution < 1.29 is 42.0 Å². The second kappa shape index (κ2) is 9.89. The number of piperidine rings is 1. The molecule has 0 aliphatic carbocycles. The summed E-state index contributed by atoms with van der Waals surface area (Å²) in [5, 5.41) is 21.5. The van der Waals surface area contributed by atoms with Gasteiger partial charge in [0.1, 0.15) is 22.9 Å². The average Bonchev–Trinajstić information content (AvgIpc) is 2.83. The van der Waals surface area contributed by atoms with Crippen molar-refractivity contribution >= 4 is 5.97 Å². The fraction of sp³-hybridized carbons (Fsp3) is 0.500. The Bertz CT molecular complexity index is 1110. The van der Waals surface area contributed by atoms with Crippen LogP contribution in [0.3, 0.4) is 0 Å². The maximum Gasteiger partial charge on any atom is 0.573 e. The van der Waals surface area contributed by atoms with Gasteiger partial charge in [0.2, 0.25) is 0 Å². The van der Waals surface area contributed by atoms with E-state index in [1.807, 2.05) is 11.0 Å². The van der Waals surface area contributed by atoms with Crippen molar-refractivity contribution in [2.45, 2.75) is 63.6 Å². The van der Waals surface area contributed by atoms with Crippen LogP contribution >= 0.6 is 0 Å². The first kappa shape index (κ1) is 26.2. The number of hydrogen-bond donors (Lipinski definition) is 1. The van der Waals surface area contributed by atoms with Crippen molar-refractivity contribution in [2.75, 3.05) is 13.1 Å². The van der Waals surface area contributed by atoms with Gasteiger partial charge in [0.05, 0.1) is 6.10 Å². The van der Waals surface area contributed by atoms with Crippen LogP contribution in [0.1, 0.15) is 61.9 Å². The molecule has 2 aliphatic heterocycles. The number of fused-ring (bicyclic) bond motifs is 1. The molecule has 196 valence electrons. The maximum atomic E-state index is 13.9. The zero-order valence-electron chi connectivity index (χ0n) is 20.0. The highest BCUT2D eigenvalue weighted by molar-refractivity contribution is 5.68. The predicted octanol–water partition coefficient (Wildman–Crippen LogP) is 4.06. The van der Waals surface area contributed by atoms with Crippen LogP contribution in [0.5, 0.6) is 11.5 Å². The fourth-order valence-electron chi connectivity index (χ4n) is 5.05. The highest BCUT2D eigenvalue weighted by atomic mass is 19.4. The highest BCUT2D eigenvalue weighted by Crippen LogP contribution is 2.43. The van der Waals surface area contributed by atoms with Gasteiger partial charge in [-0.15, -0.1) is 13.2 Å². The van der Waals surface area contributed by atoms with Crippen LogP contribution in [0.15, 0.2) is 36.4 Å². The standard InChI is InChI=1S/C26H29F4NO5/c1-15(24(33)34)23(32)18-4-3-17-7-8-25(35-22(17)13-18)9-11-31(12-10-25)16(2)20-14-19(27)5-6-21(20)36-26(28,29)30/h3-6,13-16,23,32H,7-12H2,1-2H3,(H,33,34)/p-1/t15-,16-,23+/m0/s1. The molecule has 1 fully saturated rings. The van der Waals surface area contributed by atoms with E-state index >= 15 is 0 Å². The second-order valence-electron chi connectivity index (χ2n) is 9.65. The number of ether oxygens (including phenoxy) is 2. The van der Waals surface area contributed by atoms with Gasteiger partial charge < -0.3 is 24.5 Å². The fourth-order valence-corrected chi connectivity index (χ4v) is 5.05. The summed E-state index contributed by atoms with van der Waals surface area (Å²) in [6, 6.07) is 7.68. The quantitative estimate of drug-likeness (QED) is 0.591. The van der Waals surface area contributed by atoms with Crippen molar-refractivity contribution in [3.8, 4) is 11.5 Å². The van der Waals surface area contributed by atoms with Crippen LogP contribution in [-0.2, 0) is 11.2 Å². The monoisotopic (exact) mass is 510 g/mol. The summed E-state index contributed by atoms with van der Waals surface area (Å²) in [7, 11) is 0. The average molecular weight is 511 g/mol. The number of aryl methyl sites for hydroxylation is 1. The molecule has 2 aromatic carbocycles. The zero-order chi connectivity index (χ0) is 26.3. The molecule has 0 bridgehead atoms. The molecule has 3 atom stereocenters. The Labute approximate surface area is 206 Å². The molecule has 1 spiro atoms. The Morgan fingerprint density at radius 2 is 1.83 bits per heavy atom. The predicted molar refractivity (Wildman–Crippen MR) is 120 cm³/mol. The van der Waals surface area contributed by atoms with E-state index in [2.05, 4.69) is 4.74 Å². The Balaban J connectivity index is 1.47. The minimum absolute atomic E-state index is 0.124. The number of rotatable bonds is 6. The number of aliphatic carboxylic acids is 1. The molecule has 6 nitrogen and oxygen atoms in total. The van der Waals surface area contributed by atoms with Gasteiger partial charge in [0, 0.05) is 36.6 Å². The molecule has 2 aliphatic rings. The molecule has 0 amide bonds. The molecule has 1 saturated heterocycles. The highest BCUT2D eigenvalue weighted by Gasteiger charge is 2.41. The summed E-state index contributed by atoms with van der Waals surface area (Å²) in [5.41, 5.74) is 1.03. The summed E-state index contributed by atoms with van der Waals surface area (Å²) < 4.78 is 63.0. The summed E-state index contributed by atoms with van der Waals surface area (Å²) >= 11 is 0. The van der Waals surface area contributed by atoms with Crippen LogP contribution in [0, 0.1) is 11.7 Å². The summed E-state index contributed by atoms with van der Waals surface area (Å²) in [4.78, 5) is 13.1. The van der Waals surface area contributed by atoms with E-state index in [1.165, 1.54) is 6.92 Å². The number of alkyl halides is 3. The summed E-state index contributed by atoms with van der Waals surface area (Å²) in [6.07, 6.45) is -3.42. The molecule has 0 radical (unpaired) electrons. The van der Waals surface area contributed by atoms with E-state index < -0.39 is 47.6 Å². The number of aliphatic hydroxyl groups excluding tert-OH is 1. The summed E-state index contributed by atoms with van der Waals surface area (Å²) in [6.45, 7) is 4.13. The number of nitrogens with zero attached hydrogens (tertiary/aromatic N) is 1. The molecular formula is C26H28F4NO5-. The SMILES string of the molecule is C[C@H](C(=O)[O-])[C@@H](O)c1ccc2c(c1)OC1(CC2)CCN([C@@H](C)c2cc(F)ccc2OC(F)(F)F)CC1. The van der Waals surface area contributed by atoms with Crippen LogP contribution < -0.4 is 14.6 Å². The van der Waals surface area contributed by atoms with Gasteiger partial charge in [-0.2, -0.15) is 0 Å². The number of halogens is 4. The molecule has 2 heterocycles. The van der Waals surface area contributed by atoms with E-state index in [-0.39, 0.29) is 5.56 Å². The lowest BCUT2D eigenvalue weighted by Crippen LogP contribution is -2.50. The minimum atomic E-state index is -4.88. The van der Waals surface area contributed by atoms with Gasteiger partial charge >= 0.3 is 6.36 Å². The van der Waals surface area contributed by atoms with Gasteiger partial charge in [-0.05, 0) is 68.0 Å². The van der Waals surface area contributed by atoms with Crippen molar-refractivity contribution in [3.05, 3.63) is 58.9 Å². The van der Waals surface area contributed by atoms with Crippen molar-refractivity contribution in [3.63, 3.8) is 0 Å². The van der Waals surface area contributed by atoms with Gasteiger partial charge in [0.25, 0.3) is 0 Å². The molecular weight excluding hydrogens is 482 g/mol. The number of likely N-dealkylation sites (tertiary alicyclic amines) is 1. The number of aliphatic hydroxyl groups is 1. The number of benzene rings is 2. The largest absolute Gasteiger partial charge is 0.573 e.